The molecule has 108 valence electrons. The lowest BCUT2D eigenvalue weighted by atomic mass is 9.84. The van der Waals surface area contributed by atoms with Crippen molar-refractivity contribution >= 4 is 0 Å². The largest absolute Gasteiger partial charge is 0.395 e. The van der Waals surface area contributed by atoms with E-state index in [0.717, 1.165) is 24.8 Å². The molecule has 1 aliphatic carbocycles. The molecule has 0 amide bonds. The third-order valence-corrected chi connectivity index (χ3v) is 4.45. The van der Waals surface area contributed by atoms with Crippen LogP contribution in [0.4, 0.5) is 0 Å². The van der Waals surface area contributed by atoms with Gasteiger partial charge in [-0.15, -0.1) is 0 Å². The molecule has 1 aromatic heterocycles. The van der Waals surface area contributed by atoms with Crippen molar-refractivity contribution in [2.75, 3.05) is 13.2 Å². The van der Waals surface area contributed by atoms with Crippen molar-refractivity contribution in [2.24, 2.45) is 13.0 Å². The van der Waals surface area contributed by atoms with E-state index in [0.29, 0.717) is 6.04 Å². The summed E-state index contributed by atoms with van der Waals surface area (Å²) in [6, 6.07) is 0.589. The Balaban J connectivity index is 1.94. The molecule has 19 heavy (non-hydrogen) atoms. The average molecular weight is 266 g/mol. The zero-order chi connectivity index (χ0) is 13.7. The standard InChI is InChI=1S/C14H26N4O/c1-3-12-4-6-13(7-5-12)18(8-9-19)10-14-15-11-16-17(14)2/h11-13,19H,3-10H2,1-2H3. The summed E-state index contributed by atoms with van der Waals surface area (Å²) in [5.74, 6) is 1.88. The minimum absolute atomic E-state index is 0.214. The number of hydrogen-bond acceptors (Lipinski definition) is 4. The van der Waals surface area contributed by atoms with Gasteiger partial charge in [-0.1, -0.05) is 13.3 Å². The highest BCUT2D eigenvalue weighted by molar-refractivity contribution is 4.87. The molecule has 0 aromatic carbocycles. The van der Waals surface area contributed by atoms with E-state index in [1.54, 1.807) is 6.33 Å². The Morgan fingerprint density at radius 2 is 2.11 bits per heavy atom. The molecule has 1 aromatic rings. The maximum Gasteiger partial charge on any atom is 0.140 e. The Kier molecular flexibility index (Phi) is 5.34. The molecule has 0 radical (unpaired) electrons. The van der Waals surface area contributed by atoms with Crippen molar-refractivity contribution in [3.8, 4) is 0 Å². The molecule has 0 saturated heterocycles. The summed E-state index contributed by atoms with van der Waals surface area (Å²) in [5, 5.41) is 13.4. The molecule has 1 saturated carbocycles. The molecule has 1 heterocycles. The van der Waals surface area contributed by atoms with Crippen LogP contribution in [0.1, 0.15) is 44.9 Å². The average Bonchev–Trinajstić information content (AvgIpc) is 2.84. The second-order valence-electron chi connectivity index (χ2n) is 5.58. The zero-order valence-corrected chi connectivity index (χ0v) is 12.1. The summed E-state index contributed by atoms with van der Waals surface area (Å²) in [5.41, 5.74) is 0. The van der Waals surface area contributed by atoms with Gasteiger partial charge in [0.05, 0.1) is 13.2 Å². The van der Waals surface area contributed by atoms with Crippen LogP contribution in [0.3, 0.4) is 0 Å². The number of aliphatic hydroxyl groups excluding tert-OH is 1. The molecule has 5 heteroatoms. The van der Waals surface area contributed by atoms with E-state index in [9.17, 15) is 5.11 Å². The number of aryl methyl sites for hydroxylation is 1. The van der Waals surface area contributed by atoms with Gasteiger partial charge in [0.25, 0.3) is 0 Å². The Morgan fingerprint density at radius 3 is 2.63 bits per heavy atom. The minimum atomic E-state index is 0.214. The number of rotatable bonds is 6. The quantitative estimate of drug-likeness (QED) is 0.849. The van der Waals surface area contributed by atoms with E-state index >= 15 is 0 Å². The molecule has 0 bridgehead atoms. The van der Waals surface area contributed by atoms with Crippen LogP contribution < -0.4 is 0 Å². The first-order valence-corrected chi connectivity index (χ1v) is 7.42. The molecule has 0 unspecified atom stereocenters. The van der Waals surface area contributed by atoms with Crippen LogP contribution >= 0.6 is 0 Å². The van der Waals surface area contributed by atoms with Crippen LogP contribution in [0, 0.1) is 5.92 Å². The molecular formula is C14H26N4O. The van der Waals surface area contributed by atoms with Gasteiger partial charge >= 0.3 is 0 Å². The summed E-state index contributed by atoms with van der Waals surface area (Å²) in [6.07, 6.45) is 8.03. The molecule has 1 N–H and O–H groups in total. The van der Waals surface area contributed by atoms with Gasteiger partial charge in [-0.3, -0.25) is 9.58 Å². The fraction of sp³-hybridized carbons (Fsp3) is 0.857. The number of hydrogen-bond donors (Lipinski definition) is 1. The van der Waals surface area contributed by atoms with Crippen molar-refractivity contribution in [1.29, 1.82) is 0 Å². The maximum absolute atomic E-state index is 9.28. The molecule has 1 fully saturated rings. The second-order valence-corrected chi connectivity index (χ2v) is 5.58. The second kappa shape index (κ2) is 7.01. The highest BCUT2D eigenvalue weighted by Crippen LogP contribution is 2.29. The normalized spacial score (nSPS) is 24.0. The van der Waals surface area contributed by atoms with Gasteiger partial charge in [0.15, 0.2) is 0 Å². The molecule has 5 nitrogen and oxygen atoms in total. The SMILES string of the molecule is CCC1CCC(N(CCO)Cc2ncnn2C)CC1. The zero-order valence-electron chi connectivity index (χ0n) is 12.1. The third-order valence-electron chi connectivity index (χ3n) is 4.45. The summed E-state index contributed by atoms with van der Waals surface area (Å²) in [7, 11) is 1.92. The van der Waals surface area contributed by atoms with E-state index in [1.165, 1.54) is 32.1 Å². The van der Waals surface area contributed by atoms with Crippen LogP contribution in [0.25, 0.3) is 0 Å². The predicted octanol–water partition coefficient (Wildman–Crippen LogP) is 1.58. The van der Waals surface area contributed by atoms with Gasteiger partial charge in [0, 0.05) is 19.6 Å². The Hall–Kier alpha value is -0.940. The molecule has 0 spiro atoms. The van der Waals surface area contributed by atoms with Crippen LogP contribution in [0.5, 0.6) is 0 Å². The highest BCUT2D eigenvalue weighted by Gasteiger charge is 2.25. The fourth-order valence-corrected chi connectivity index (χ4v) is 3.08. The van der Waals surface area contributed by atoms with Crippen molar-refractivity contribution in [1.82, 2.24) is 19.7 Å². The first-order chi connectivity index (χ1) is 9.24. The third kappa shape index (κ3) is 3.76. The van der Waals surface area contributed by atoms with E-state index in [1.807, 2.05) is 11.7 Å². The predicted molar refractivity (Wildman–Crippen MR) is 74.5 cm³/mol. The monoisotopic (exact) mass is 266 g/mol. The lowest BCUT2D eigenvalue weighted by molar-refractivity contribution is 0.0997. The number of aliphatic hydroxyl groups is 1. The van der Waals surface area contributed by atoms with Gasteiger partial charge < -0.3 is 5.11 Å². The van der Waals surface area contributed by atoms with E-state index in [-0.39, 0.29) is 6.61 Å². The summed E-state index contributed by atoms with van der Waals surface area (Å²) in [4.78, 5) is 6.66. The number of aromatic nitrogens is 3. The summed E-state index contributed by atoms with van der Waals surface area (Å²) in [6.45, 7) is 4.02. The maximum atomic E-state index is 9.28. The number of nitrogens with zero attached hydrogens (tertiary/aromatic N) is 4. The van der Waals surface area contributed by atoms with Crippen LogP contribution in [0.15, 0.2) is 6.33 Å². The minimum Gasteiger partial charge on any atom is -0.395 e. The summed E-state index contributed by atoms with van der Waals surface area (Å²) >= 11 is 0. The topological polar surface area (TPSA) is 54.2 Å². The lowest BCUT2D eigenvalue weighted by Crippen LogP contribution is -2.40. The first-order valence-electron chi connectivity index (χ1n) is 7.42. The van der Waals surface area contributed by atoms with Crippen molar-refractivity contribution < 1.29 is 5.11 Å². The van der Waals surface area contributed by atoms with Crippen molar-refractivity contribution in [3.63, 3.8) is 0 Å². The smallest absolute Gasteiger partial charge is 0.140 e. The van der Waals surface area contributed by atoms with Crippen molar-refractivity contribution in [2.45, 2.75) is 51.6 Å². The van der Waals surface area contributed by atoms with Crippen LogP contribution in [-0.2, 0) is 13.6 Å². The molecule has 2 rings (SSSR count). The van der Waals surface area contributed by atoms with Gasteiger partial charge in [-0.05, 0) is 31.6 Å². The van der Waals surface area contributed by atoms with E-state index in [2.05, 4.69) is 21.9 Å². The Labute approximate surface area is 115 Å². The van der Waals surface area contributed by atoms with Gasteiger partial charge in [-0.25, -0.2) is 4.98 Å². The Morgan fingerprint density at radius 1 is 1.37 bits per heavy atom. The van der Waals surface area contributed by atoms with Gasteiger partial charge in [0.2, 0.25) is 0 Å². The molecule has 0 atom stereocenters. The van der Waals surface area contributed by atoms with Crippen LogP contribution in [-0.4, -0.2) is 44.0 Å². The summed E-state index contributed by atoms with van der Waals surface area (Å²) < 4.78 is 1.82. The molecule has 1 aliphatic rings. The molecular weight excluding hydrogens is 240 g/mol. The lowest BCUT2D eigenvalue weighted by Gasteiger charge is -2.36. The fourth-order valence-electron chi connectivity index (χ4n) is 3.08. The van der Waals surface area contributed by atoms with Gasteiger partial charge in [0.1, 0.15) is 12.2 Å². The Bertz CT molecular complexity index is 371. The van der Waals surface area contributed by atoms with Crippen molar-refractivity contribution in [3.05, 3.63) is 12.2 Å². The van der Waals surface area contributed by atoms with E-state index < -0.39 is 0 Å². The first kappa shape index (κ1) is 14.5. The van der Waals surface area contributed by atoms with Crippen LogP contribution in [0.2, 0.25) is 0 Å². The molecule has 0 aliphatic heterocycles. The van der Waals surface area contributed by atoms with Gasteiger partial charge in [-0.2, -0.15) is 5.10 Å². The van der Waals surface area contributed by atoms with E-state index in [4.69, 9.17) is 0 Å². The highest BCUT2D eigenvalue weighted by atomic mass is 16.3.